The van der Waals surface area contributed by atoms with E-state index in [1.54, 1.807) is 0 Å². The molecule has 0 aliphatic heterocycles. The zero-order valence-electron chi connectivity index (χ0n) is 8.33. The van der Waals surface area contributed by atoms with E-state index in [1.807, 2.05) is 0 Å². The number of aliphatic hydroxyl groups is 1. The molecule has 0 bridgehead atoms. The van der Waals surface area contributed by atoms with Crippen molar-refractivity contribution in [1.29, 1.82) is 0 Å². The number of nitro benzene ring substituents is 1. The highest BCUT2D eigenvalue weighted by molar-refractivity contribution is 6.30. The van der Waals surface area contributed by atoms with Gasteiger partial charge in [0.15, 0.2) is 5.82 Å². The topological polar surface area (TPSA) is 102 Å². The predicted molar refractivity (Wildman–Crippen MR) is 57.3 cm³/mol. The van der Waals surface area contributed by atoms with E-state index < -0.39 is 11.5 Å². The van der Waals surface area contributed by atoms with Crippen molar-refractivity contribution in [2.45, 2.75) is 6.61 Å². The van der Waals surface area contributed by atoms with Gasteiger partial charge in [0.25, 0.3) is 11.6 Å². The average molecular weight is 256 g/mol. The van der Waals surface area contributed by atoms with E-state index >= 15 is 0 Å². The first-order valence-electron chi connectivity index (χ1n) is 4.49. The van der Waals surface area contributed by atoms with Crippen LogP contribution in [0.3, 0.4) is 0 Å². The van der Waals surface area contributed by atoms with E-state index in [4.69, 9.17) is 21.2 Å². The predicted octanol–water partition coefficient (Wildman–Crippen LogP) is 1.79. The number of aliphatic hydroxyl groups excluding tert-OH is 1. The first-order valence-corrected chi connectivity index (χ1v) is 4.87. The molecule has 88 valence electrons. The largest absolute Gasteiger partial charge is 0.388 e. The second-order valence-corrected chi connectivity index (χ2v) is 3.53. The number of nitrogens with zero attached hydrogens (tertiary/aromatic N) is 3. The monoisotopic (exact) mass is 255 g/mol. The summed E-state index contributed by atoms with van der Waals surface area (Å²) in [4.78, 5) is 14.0. The molecular weight excluding hydrogens is 250 g/mol. The van der Waals surface area contributed by atoms with E-state index in [0.717, 1.165) is 0 Å². The van der Waals surface area contributed by atoms with Gasteiger partial charge >= 0.3 is 0 Å². The van der Waals surface area contributed by atoms with Crippen LogP contribution in [0.15, 0.2) is 22.7 Å². The molecule has 0 saturated heterocycles. The van der Waals surface area contributed by atoms with Gasteiger partial charge in [-0.2, -0.15) is 4.98 Å². The standard InChI is InChI=1S/C9H6ClN3O4/c10-5-1-2-6(7(3-5)13(15)16)9-11-8(4-14)12-17-9/h1-3,14H,4H2. The Balaban J connectivity index is 2.54. The minimum atomic E-state index is -0.593. The molecule has 8 heteroatoms. The highest BCUT2D eigenvalue weighted by atomic mass is 35.5. The fourth-order valence-corrected chi connectivity index (χ4v) is 1.43. The van der Waals surface area contributed by atoms with Crippen LogP contribution in [-0.2, 0) is 6.61 Å². The van der Waals surface area contributed by atoms with Gasteiger partial charge in [-0.3, -0.25) is 10.1 Å². The second kappa shape index (κ2) is 4.48. The fraction of sp³-hybridized carbons (Fsp3) is 0.111. The molecule has 17 heavy (non-hydrogen) atoms. The summed E-state index contributed by atoms with van der Waals surface area (Å²) in [6.07, 6.45) is 0. The van der Waals surface area contributed by atoms with Gasteiger partial charge in [0.2, 0.25) is 0 Å². The summed E-state index contributed by atoms with van der Waals surface area (Å²) in [5, 5.41) is 23.3. The third-order valence-corrected chi connectivity index (χ3v) is 2.23. The van der Waals surface area contributed by atoms with Gasteiger partial charge in [0.05, 0.1) is 4.92 Å². The van der Waals surface area contributed by atoms with E-state index in [0.29, 0.717) is 0 Å². The SMILES string of the molecule is O=[N+]([O-])c1cc(Cl)ccc1-c1nc(CO)no1. The van der Waals surface area contributed by atoms with Crippen LogP contribution >= 0.6 is 11.6 Å². The zero-order valence-corrected chi connectivity index (χ0v) is 9.09. The summed E-state index contributed by atoms with van der Waals surface area (Å²) >= 11 is 5.67. The Labute approximate surface area is 99.8 Å². The minimum Gasteiger partial charge on any atom is -0.388 e. The molecule has 0 spiro atoms. The summed E-state index contributed by atoms with van der Waals surface area (Å²) in [6, 6.07) is 4.08. The van der Waals surface area contributed by atoms with Gasteiger partial charge in [-0.05, 0) is 12.1 Å². The van der Waals surface area contributed by atoms with Gasteiger partial charge in [-0.15, -0.1) is 0 Å². The average Bonchev–Trinajstić information content (AvgIpc) is 2.77. The van der Waals surface area contributed by atoms with Crippen molar-refractivity contribution in [1.82, 2.24) is 10.1 Å². The Bertz CT molecular complexity index is 569. The van der Waals surface area contributed by atoms with Crippen LogP contribution in [0.4, 0.5) is 5.69 Å². The lowest BCUT2D eigenvalue weighted by molar-refractivity contribution is -0.384. The van der Waals surface area contributed by atoms with Crippen LogP contribution in [0.25, 0.3) is 11.5 Å². The quantitative estimate of drug-likeness (QED) is 0.662. The van der Waals surface area contributed by atoms with Gasteiger partial charge in [-0.1, -0.05) is 16.8 Å². The van der Waals surface area contributed by atoms with Crippen LogP contribution in [0, 0.1) is 10.1 Å². The first-order chi connectivity index (χ1) is 8.11. The maximum absolute atomic E-state index is 10.8. The summed E-state index contributed by atoms with van der Waals surface area (Å²) in [6.45, 7) is -0.398. The maximum Gasteiger partial charge on any atom is 0.283 e. The molecule has 0 fully saturated rings. The molecule has 0 amide bonds. The molecule has 0 aliphatic carbocycles. The lowest BCUT2D eigenvalue weighted by Crippen LogP contribution is -1.92. The molecule has 0 saturated carbocycles. The summed E-state index contributed by atoms with van der Waals surface area (Å²) in [5.41, 5.74) is -0.0720. The number of nitro groups is 1. The van der Waals surface area contributed by atoms with E-state index in [2.05, 4.69) is 10.1 Å². The Hall–Kier alpha value is -1.99. The van der Waals surface area contributed by atoms with Gasteiger partial charge in [0.1, 0.15) is 12.2 Å². The van der Waals surface area contributed by atoms with Crippen molar-refractivity contribution >= 4 is 17.3 Å². The van der Waals surface area contributed by atoms with Crippen molar-refractivity contribution in [3.05, 3.63) is 39.2 Å². The molecule has 1 aromatic carbocycles. The number of aromatic nitrogens is 2. The number of halogens is 1. The summed E-state index contributed by atoms with van der Waals surface area (Å²) < 4.78 is 4.80. The van der Waals surface area contributed by atoms with Crippen LogP contribution in [0.2, 0.25) is 5.02 Å². The molecule has 7 nitrogen and oxygen atoms in total. The third kappa shape index (κ3) is 2.24. The van der Waals surface area contributed by atoms with Gasteiger partial charge in [-0.25, -0.2) is 0 Å². The minimum absolute atomic E-state index is 0.0302. The molecule has 1 N–H and O–H groups in total. The maximum atomic E-state index is 10.8. The highest BCUT2D eigenvalue weighted by Gasteiger charge is 2.20. The van der Waals surface area contributed by atoms with Crippen molar-refractivity contribution in [2.75, 3.05) is 0 Å². The fourth-order valence-electron chi connectivity index (χ4n) is 1.26. The van der Waals surface area contributed by atoms with Crippen molar-refractivity contribution < 1.29 is 14.6 Å². The molecular formula is C9H6ClN3O4. The zero-order chi connectivity index (χ0) is 12.4. The van der Waals surface area contributed by atoms with Crippen LogP contribution in [0.1, 0.15) is 5.82 Å². The Morgan fingerprint density at radius 1 is 1.53 bits per heavy atom. The van der Waals surface area contributed by atoms with Gasteiger partial charge in [0, 0.05) is 11.1 Å². The number of rotatable bonds is 3. The molecule has 2 aromatic rings. The summed E-state index contributed by atoms with van der Waals surface area (Å²) in [5.74, 6) is 0.0293. The van der Waals surface area contributed by atoms with Crippen LogP contribution < -0.4 is 0 Å². The lowest BCUT2D eigenvalue weighted by atomic mass is 10.2. The van der Waals surface area contributed by atoms with Crippen LogP contribution in [0.5, 0.6) is 0 Å². The molecule has 0 aliphatic rings. The first kappa shape index (κ1) is 11.5. The van der Waals surface area contributed by atoms with Crippen LogP contribution in [-0.4, -0.2) is 20.2 Å². The number of benzene rings is 1. The highest BCUT2D eigenvalue weighted by Crippen LogP contribution is 2.31. The molecule has 0 radical (unpaired) electrons. The van der Waals surface area contributed by atoms with E-state index in [1.165, 1.54) is 18.2 Å². The molecule has 0 atom stereocenters. The Kier molecular flexibility index (Phi) is 3.03. The number of hydrogen-bond donors (Lipinski definition) is 1. The van der Waals surface area contributed by atoms with Crippen molar-refractivity contribution in [3.63, 3.8) is 0 Å². The molecule has 1 aromatic heterocycles. The van der Waals surface area contributed by atoms with E-state index in [9.17, 15) is 10.1 Å². The van der Waals surface area contributed by atoms with Crippen molar-refractivity contribution in [2.24, 2.45) is 0 Å². The molecule has 1 heterocycles. The van der Waals surface area contributed by atoms with E-state index in [-0.39, 0.29) is 28.0 Å². The lowest BCUT2D eigenvalue weighted by Gasteiger charge is -1.97. The van der Waals surface area contributed by atoms with Crippen molar-refractivity contribution in [3.8, 4) is 11.5 Å². The third-order valence-electron chi connectivity index (χ3n) is 2.00. The van der Waals surface area contributed by atoms with Gasteiger partial charge < -0.3 is 9.63 Å². The normalized spacial score (nSPS) is 10.5. The molecule has 0 unspecified atom stereocenters. The Morgan fingerprint density at radius 3 is 2.88 bits per heavy atom. The smallest absolute Gasteiger partial charge is 0.283 e. The second-order valence-electron chi connectivity index (χ2n) is 3.09. The molecule has 2 rings (SSSR count). The summed E-state index contributed by atoms with van der Waals surface area (Å²) in [7, 11) is 0. The Morgan fingerprint density at radius 2 is 2.29 bits per heavy atom. The number of hydrogen-bond acceptors (Lipinski definition) is 6.